The van der Waals surface area contributed by atoms with Gasteiger partial charge in [0.2, 0.25) is 0 Å². The molecular weight excluding hydrogens is 454 g/mol. The fourth-order valence-electron chi connectivity index (χ4n) is 5.05. The second kappa shape index (κ2) is 8.67. The molecule has 7 rings (SSSR count). The average Bonchev–Trinajstić information content (AvgIpc) is 3.30. The van der Waals surface area contributed by atoms with E-state index in [1.807, 2.05) is 11.3 Å². The first-order chi connectivity index (χ1) is 17.8. The summed E-state index contributed by atoms with van der Waals surface area (Å²) in [6, 6.07) is 50.1. The first-order valence-electron chi connectivity index (χ1n) is 12.2. The van der Waals surface area contributed by atoms with Crippen molar-refractivity contribution in [3.63, 3.8) is 0 Å². The molecule has 1 nitrogen and oxygen atoms in total. The van der Waals surface area contributed by atoms with Crippen molar-refractivity contribution in [1.29, 1.82) is 0 Å². The van der Waals surface area contributed by atoms with E-state index in [2.05, 4.69) is 144 Å². The van der Waals surface area contributed by atoms with Crippen molar-refractivity contribution in [3.05, 3.63) is 140 Å². The smallest absolute Gasteiger partial charge is 0.0462 e. The van der Waals surface area contributed by atoms with Gasteiger partial charge in [0.05, 0.1) is 0 Å². The summed E-state index contributed by atoms with van der Waals surface area (Å²) < 4.78 is 2.69. The van der Waals surface area contributed by atoms with E-state index in [1.165, 1.54) is 42.1 Å². The van der Waals surface area contributed by atoms with Crippen LogP contribution in [0.1, 0.15) is 0 Å². The Morgan fingerprint density at radius 3 is 1.72 bits per heavy atom. The second-order valence-corrected chi connectivity index (χ2v) is 10.1. The summed E-state index contributed by atoms with van der Waals surface area (Å²) in [6.45, 7) is 0. The topological polar surface area (TPSA) is 3.24 Å². The molecule has 170 valence electrons. The number of hydrogen-bond donors (Lipinski definition) is 0. The Balaban J connectivity index is 1.28. The van der Waals surface area contributed by atoms with Gasteiger partial charge in [-0.2, -0.15) is 0 Å². The van der Waals surface area contributed by atoms with Gasteiger partial charge in [-0.05, 0) is 82.6 Å². The van der Waals surface area contributed by atoms with Crippen LogP contribution in [0.15, 0.2) is 140 Å². The molecule has 0 saturated heterocycles. The Morgan fingerprint density at radius 2 is 1.00 bits per heavy atom. The molecule has 0 amide bonds. The number of thiophene rings is 1. The average molecular weight is 478 g/mol. The highest BCUT2D eigenvalue weighted by Crippen LogP contribution is 2.38. The zero-order chi connectivity index (χ0) is 23.9. The third kappa shape index (κ3) is 3.64. The van der Waals surface area contributed by atoms with E-state index in [-0.39, 0.29) is 0 Å². The van der Waals surface area contributed by atoms with Gasteiger partial charge in [-0.3, -0.25) is 0 Å². The molecule has 2 heteroatoms. The third-order valence-corrected chi connectivity index (χ3v) is 7.96. The van der Waals surface area contributed by atoms with Gasteiger partial charge >= 0.3 is 0 Å². The lowest BCUT2D eigenvalue weighted by molar-refractivity contribution is 1.28. The monoisotopic (exact) mass is 477 g/mol. The fraction of sp³-hybridized carbons (Fsp3) is 0. The van der Waals surface area contributed by atoms with Gasteiger partial charge in [0.1, 0.15) is 0 Å². The van der Waals surface area contributed by atoms with Crippen LogP contribution in [0.25, 0.3) is 42.1 Å². The molecule has 36 heavy (non-hydrogen) atoms. The summed E-state index contributed by atoms with van der Waals surface area (Å²) in [7, 11) is 0. The van der Waals surface area contributed by atoms with Crippen molar-refractivity contribution in [2.45, 2.75) is 0 Å². The van der Waals surface area contributed by atoms with Crippen molar-refractivity contribution in [2.24, 2.45) is 0 Å². The number of nitrogens with zero attached hydrogens (tertiary/aromatic N) is 1. The van der Waals surface area contributed by atoms with Crippen molar-refractivity contribution < 1.29 is 0 Å². The highest BCUT2D eigenvalue weighted by atomic mass is 32.1. The first-order valence-corrected chi connectivity index (χ1v) is 13.0. The zero-order valence-electron chi connectivity index (χ0n) is 19.6. The predicted octanol–water partition coefficient (Wildman–Crippen LogP) is 10.3. The van der Waals surface area contributed by atoms with Gasteiger partial charge in [-0.25, -0.2) is 0 Å². The van der Waals surface area contributed by atoms with E-state index in [4.69, 9.17) is 0 Å². The molecule has 0 fully saturated rings. The second-order valence-electron chi connectivity index (χ2n) is 9.06. The largest absolute Gasteiger partial charge is 0.311 e. The molecule has 0 spiro atoms. The Kier molecular flexibility index (Phi) is 5.04. The van der Waals surface area contributed by atoms with Gasteiger partial charge < -0.3 is 4.90 Å². The molecule has 1 heterocycles. The van der Waals surface area contributed by atoms with Crippen LogP contribution < -0.4 is 4.90 Å². The first kappa shape index (κ1) is 20.9. The minimum Gasteiger partial charge on any atom is -0.311 e. The van der Waals surface area contributed by atoms with Crippen molar-refractivity contribution >= 4 is 59.3 Å². The van der Waals surface area contributed by atoms with Crippen LogP contribution in [0.5, 0.6) is 0 Å². The van der Waals surface area contributed by atoms with Crippen molar-refractivity contribution in [2.75, 3.05) is 4.90 Å². The Labute approximate surface area is 214 Å². The Hall–Kier alpha value is -4.40. The number of rotatable bonds is 4. The molecule has 0 aliphatic rings. The van der Waals surface area contributed by atoms with E-state index in [0.717, 1.165) is 17.1 Å². The lowest BCUT2D eigenvalue weighted by Crippen LogP contribution is -2.09. The third-order valence-electron chi connectivity index (χ3n) is 6.82. The lowest BCUT2D eigenvalue weighted by Gasteiger charge is -2.25. The zero-order valence-corrected chi connectivity index (χ0v) is 20.5. The summed E-state index contributed by atoms with van der Waals surface area (Å²) in [6.07, 6.45) is 0. The van der Waals surface area contributed by atoms with E-state index >= 15 is 0 Å². The molecule has 0 N–H and O–H groups in total. The van der Waals surface area contributed by atoms with E-state index in [1.54, 1.807) is 0 Å². The maximum atomic E-state index is 2.35. The van der Waals surface area contributed by atoms with Crippen LogP contribution >= 0.6 is 11.3 Å². The predicted molar refractivity (Wildman–Crippen MR) is 157 cm³/mol. The van der Waals surface area contributed by atoms with Gasteiger partial charge in [-0.1, -0.05) is 78.9 Å². The van der Waals surface area contributed by atoms with Crippen LogP contribution in [-0.4, -0.2) is 0 Å². The normalized spacial score (nSPS) is 11.3. The van der Waals surface area contributed by atoms with Gasteiger partial charge in [0, 0.05) is 37.2 Å². The maximum absolute atomic E-state index is 2.35. The highest BCUT2D eigenvalue weighted by molar-refractivity contribution is 7.25. The van der Waals surface area contributed by atoms with Crippen LogP contribution in [0, 0.1) is 0 Å². The van der Waals surface area contributed by atoms with Crippen molar-refractivity contribution in [1.82, 2.24) is 0 Å². The Morgan fingerprint density at radius 1 is 0.389 bits per heavy atom. The summed E-state index contributed by atoms with van der Waals surface area (Å²) in [5.41, 5.74) is 5.89. The molecule has 0 bridgehead atoms. The molecule has 0 saturated carbocycles. The minimum absolute atomic E-state index is 1.14. The number of para-hydroxylation sites is 2. The van der Waals surface area contributed by atoms with Crippen molar-refractivity contribution in [3.8, 4) is 11.1 Å². The lowest BCUT2D eigenvalue weighted by atomic mass is 9.99. The molecule has 0 unspecified atom stereocenters. The summed E-state index contributed by atoms with van der Waals surface area (Å²) >= 11 is 1.87. The number of benzene rings is 6. The van der Waals surface area contributed by atoms with Crippen LogP contribution in [-0.2, 0) is 0 Å². The van der Waals surface area contributed by atoms with E-state index in [0.29, 0.717) is 0 Å². The van der Waals surface area contributed by atoms with Crippen LogP contribution in [0.2, 0.25) is 0 Å². The maximum Gasteiger partial charge on any atom is 0.0462 e. The van der Waals surface area contributed by atoms with Crippen LogP contribution in [0.4, 0.5) is 17.1 Å². The van der Waals surface area contributed by atoms with Crippen LogP contribution in [0.3, 0.4) is 0 Å². The molecule has 6 aromatic carbocycles. The molecule has 0 aliphatic heterocycles. The van der Waals surface area contributed by atoms with E-state index < -0.39 is 0 Å². The molecular formula is C34H23NS. The SMILES string of the molecule is c1ccc(N(c2ccccc2)c2ccc(-c3ccc4cc5c(cc4c3)sc3ccccc35)cc2)cc1. The number of anilines is 3. The Bertz CT molecular complexity index is 1780. The molecule has 7 aromatic rings. The number of hydrogen-bond acceptors (Lipinski definition) is 2. The highest BCUT2D eigenvalue weighted by Gasteiger charge is 2.12. The van der Waals surface area contributed by atoms with Gasteiger partial charge in [0.15, 0.2) is 0 Å². The quantitative estimate of drug-likeness (QED) is 0.244. The van der Waals surface area contributed by atoms with E-state index in [9.17, 15) is 0 Å². The number of fused-ring (bicyclic) bond motifs is 4. The minimum atomic E-state index is 1.14. The molecule has 0 aliphatic carbocycles. The fourth-order valence-corrected chi connectivity index (χ4v) is 6.19. The van der Waals surface area contributed by atoms with Gasteiger partial charge in [-0.15, -0.1) is 11.3 Å². The summed E-state index contributed by atoms with van der Waals surface area (Å²) in [4.78, 5) is 2.29. The summed E-state index contributed by atoms with van der Waals surface area (Å²) in [5, 5.41) is 5.26. The summed E-state index contributed by atoms with van der Waals surface area (Å²) in [5.74, 6) is 0. The molecule has 0 atom stereocenters. The van der Waals surface area contributed by atoms with Gasteiger partial charge in [0.25, 0.3) is 0 Å². The molecule has 0 radical (unpaired) electrons. The standard InChI is InChI=1S/C34H23NS/c1-3-9-28(10-4-1)35(29-11-5-2-6-12-29)30-19-17-24(18-20-30)25-15-16-26-22-32-31-13-7-8-14-33(31)36-34(32)23-27(26)21-25/h1-23H. The molecule has 1 aromatic heterocycles.